The Morgan fingerprint density at radius 2 is 2.26 bits per heavy atom. The van der Waals surface area contributed by atoms with E-state index in [9.17, 15) is 9.90 Å². The van der Waals surface area contributed by atoms with Gasteiger partial charge in [-0.1, -0.05) is 15.9 Å². The summed E-state index contributed by atoms with van der Waals surface area (Å²) in [5, 5.41) is 19.9. The number of primary amides is 1. The summed E-state index contributed by atoms with van der Waals surface area (Å²) in [5.74, 6) is -0.576. The number of hydrogen-bond donors (Lipinski definition) is 3. The number of H-pyrrole nitrogens is 1. The average molecular weight is 327 g/mol. The number of phenolic OH excluding ortho intramolecular Hbond substituents is 1. The number of rotatable bonds is 4. The lowest BCUT2D eigenvalue weighted by Crippen LogP contribution is -2.12. The number of aromatic amines is 1. The summed E-state index contributed by atoms with van der Waals surface area (Å²) in [6.45, 7) is 2.19. The molecule has 0 unspecified atom stereocenters. The molecular formula is C11H11BrN4O3. The van der Waals surface area contributed by atoms with E-state index in [4.69, 9.17) is 10.5 Å². The van der Waals surface area contributed by atoms with Gasteiger partial charge in [-0.15, -0.1) is 0 Å². The molecule has 0 saturated carbocycles. The van der Waals surface area contributed by atoms with Crippen molar-refractivity contribution >= 4 is 21.8 Å². The molecule has 0 bridgehead atoms. The van der Waals surface area contributed by atoms with Gasteiger partial charge in [0.15, 0.2) is 17.2 Å². The summed E-state index contributed by atoms with van der Waals surface area (Å²) in [7, 11) is 0. The predicted octanol–water partition coefficient (Wildman–Crippen LogP) is 1.44. The van der Waals surface area contributed by atoms with E-state index in [1.165, 1.54) is 0 Å². The summed E-state index contributed by atoms with van der Waals surface area (Å²) in [5.41, 5.74) is 5.63. The van der Waals surface area contributed by atoms with Crippen LogP contribution >= 0.6 is 15.9 Å². The van der Waals surface area contributed by atoms with Crippen LogP contribution in [0.25, 0.3) is 11.3 Å². The largest absolute Gasteiger partial charge is 0.504 e. The Hall–Kier alpha value is -2.09. The summed E-state index contributed by atoms with van der Waals surface area (Å²) >= 11 is 3.30. The Kier molecular flexibility index (Phi) is 3.70. The van der Waals surface area contributed by atoms with Crippen LogP contribution in [0.2, 0.25) is 0 Å². The summed E-state index contributed by atoms with van der Waals surface area (Å²) in [6, 6.07) is 3.22. The lowest BCUT2D eigenvalue weighted by molar-refractivity contribution is 0.0996. The average Bonchev–Trinajstić information content (AvgIpc) is 2.82. The Balaban J connectivity index is 2.61. The molecule has 0 atom stereocenters. The van der Waals surface area contributed by atoms with Crippen molar-refractivity contribution in [2.24, 2.45) is 5.73 Å². The highest BCUT2D eigenvalue weighted by molar-refractivity contribution is 9.10. The second kappa shape index (κ2) is 5.27. The molecule has 4 N–H and O–H groups in total. The predicted molar refractivity (Wildman–Crippen MR) is 70.9 cm³/mol. The third-order valence-corrected chi connectivity index (χ3v) is 2.83. The molecule has 1 aromatic heterocycles. The lowest BCUT2D eigenvalue weighted by Gasteiger charge is -2.10. The quantitative estimate of drug-likeness (QED) is 0.786. The van der Waals surface area contributed by atoms with Crippen molar-refractivity contribution < 1.29 is 14.6 Å². The maximum Gasteiger partial charge on any atom is 0.271 e. The van der Waals surface area contributed by atoms with E-state index in [2.05, 4.69) is 31.3 Å². The van der Waals surface area contributed by atoms with Crippen molar-refractivity contribution in [3.05, 3.63) is 22.3 Å². The molecule has 1 aromatic carbocycles. The van der Waals surface area contributed by atoms with Crippen molar-refractivity contribution in [1.29, 1.82) is 0 Å². The normalized spacial score (nSPS) is 10.4. The van der Waals surface area contributed by atoms with Gasteiger partial charge in [0.1, 0.15) is 5.69 Å². The minimum atomic E-state index is -0.735. The van der Waals surface area contributed by atoms with Crippen molar-refractivity contribution in [2.75, 3.05) is 6.61 Å². The smallest absolute Gasteiger partial charge is 0.271 e. The number of nitrogens with zero attached hydrogens (tertiary/aromatic N) is 2. The maximum atomic E-state index is 11.2. The van der Waals surface area contributed by atoms with Gasteiger partial charge in [0.05, 0.1) is 12.2 Å². The number of carbonyl (C=O) groups is 1. The summed E-state index contributed by atoms with van der Waals surface area (Å²) in [4.78, 5) is 11.2. The molecule has 0 saturated heterocycles. The zero-order valence-electron chi connectivity index (χ0n) is 9.98. The van der Waals surface area contributed by atoms with Crippen LogP contribution in [0.15, 0.2) is 16.6 Å². The van der Waals surface area contributed by atoms with Crippen LogP contribution in [0.1, 0.15) is 17.4 Å². The van der Waals surface area contributed by atoms with Crippen LogP contribution < -0.4 is 10.5 Å². The highest BCUT2D eigenvalue weighted by Crippen LogP contribution is 2.39. The molecule has 1 amide bonds. The van der Waals surface area contributed by atoms with Crippen molar-refractivity contribution in [1.82, 2.24) is 15.4 Å². The lowest BCUT2D eigenvalue weighted by atomic mass is 10.1. The second-order valence-corrected chi connectivity index (χ2v) is 4.53. The zero-order valence-corrected chi connectivity index (χ0v) is 11.6. The van der Waals surface area contributed by atoms with E-state index in [-0.39, 0.29) is 22.9 Å². The first-order valence-electron chi connectivity index (χ1n) is 5.40. The van der Waals surface area contributed by atoms with Crippen LogP contribution in [-0.2, 0) is 0 Å². The molecule has 0 aliphatic carbocycles. The molecule has 2 aromatic rings. The Labute approximate surface area is 116 Å². The number of ether oxygens (including phenoxy) is 1. The first kappa shape index (κ1) is 13.3. The number of hydrogen-bond acceptors (Lipinski definition) is 5. The van der Waals surface area contributed by atoms with Crippen LogP contribution in [0.4, 0.5) is 0 Å². The second-order valence-electron chi connectivity index (χ2n) is 3.62. The molecule has 2 rings (SSSR count). The van der Waals surface area contributed by atoms with Gasteiger partial charge in [-0.05, 0) is 19.1 Å². The number of aromatic nitrogens is 3. The molecule has 100 valence electrons. The third-order valence-electron chi connectivity index (χ3n) is 2.38. The number of carbonyl (C=O) groups excluding carboxylic acids is 1. The first-order chi connectivity index (χ1) is 9.04. The van der Waals surface area contributed by atoms with Crippen molar-refractivity contribution in [3.8, 4) is 22.8 Å². The third kappa shape index (κ3) is 2.53. The van der Waals surface area contributed by atoms with E-state index in [0.29, 0.717) is 16.6 Å². The van der Waals surface area contributed by atoms with Gasteiger partial charge >= 0.3 is 0 Å². The van der Waals surface area contributed by atoms with Gasteiger partial charge in [0.25, 0.3) is 5.91 Å². The van der Waals surface area contributed by atoms with Crippen molar-refractivity contribution in [3.63, 3.8) is 0 Å². The molecule has 0 aliphatic rings. The van der Waals surface area contributed by atoms with Gasteiger partial charge in [-0.2, -0.15) is 15.4 Å². The fourth-order valence-electron chi connectivity index (χ4n) is 1.61. The topological polar surface area (TPSA) is 114 Å². The SMILES string of the molecule is CCOc1cc(Br)cc(-c2n[nH]nc2C(N)=O)c1O. The first-order valence-corrected chi connectivity index (χ1v) is 6.20. The monoisotopic (exact) mass is 326 g/mol. The number of amides is 1. The highest BCUT2D eigenvalue weighted by atomic mass is 79.9. The zero-order chi connectivity index (χ0) is 14.0. The van der Waals surface area contributed by atoms with Crippen LogP contribution in [0.5, 0.6) is 11.5 Å². The fourth-order valence-corrected chi connectivity index (χ4v) is 2.05. The van der Waals surface area contributed by atoms with Gasteiger partial charge < -0.3 is 15.6 Å². The number of nitrogens with one attached hydrogen (secondary N) is 1. The molecule has 0 spiro atoms. The molecule has 1 heterocycles. The van der Waals surface area contributed by atoms with E-state index in [0.717, 1.165) is 0 Å². The molecule has 0 fully saturated rings. The highest BCUT2D eigenvalue weighted by Gasteiger charge is 2.21. The number of phenols is 1. The van der Waals surface area contributed by atoms with Crippen LogP contribution in [0.3, 0.4) is 0 Å². The van der Waals surface area contributed by atoms with Gasteiger partial charge in [0.2, 0.25) is 0 Å². The molecule has 0 radical (unpaired) electrons. The maximum absolute atomic E-state index is 11.2. The fraction of sp³-hybridized carbons (Fsp3) is 0.182. The molecular weight excluding hydrogens is 316 g/mol. The van der Waals surface area contributed by atoms with Gasteiger partial charge in [-0.3, -0.25) is 4.79 Å². The van der Waals surface area contributed by atoms with E-state index < -0.39 is 5.91 Å². The summed E-state index contributed by atoms with van der Waals surface area (Å²) in [6.07, 6.45) is 0. The Morgan fingerprint density at radius 3 is 2.89 bits per heavy atom. The Bertz CT molecular complexity index is 626. The Morgan fingerprint density at radius 1 is 1.53 bits per heavy atom. The minimum absolute atomic E-state index is 0.0455. The minimum Gasteiger partial charge on any atom is -0.504 e. The number of nitrogens with two attached hydrogens (primary N) is 1. The molecule has 19 heavy (non-hydrogen) atoms. The number of benzene rings is 1. The molecule has 8 heteroatoms. The number of halogens is 1. The summed E-state index contributed by atoms with van der Waals surface area (Å²) < 4.78 is 5.97. The van der Waals surface area contributed by atoms with Crippen LogP contribution in [0, 0.1) is 0 Å². The standard InChI is InChI=1S/C11H11BrN4O3/c1-2-19-7-4-5(12)3-6(10(7)17)8-9(11(13)18)15-16-14-8/h3-4,17H,2H2,1H3,(H2,13,18)(H,14,15,16). The van der Waals surface area contributed by atoms with E-state index in [1.807, 2.05) is 0 Å². The van der Waals surface area contributed by atoms with Gasteiger partial charge in [-0.25, -0.2) is 0 Å². The molecule has 7 nitrogen and oxygen atoms in total. The van der Waals surface area contributed by atoms with E-state index in [1.54, 1.807) is 19.1 Å². The van der Waals surface area contributed by atoms with Crippen molar-refractivity contribution in [2.45, 2.75) is 6.92 Å². The van der Waals surface area contributed by atoms with E-state index >= 15 is 0 Å². The van der Waals surface area contributed by atoms with Gasteiger partial charge in [0, 0.05) is 4.47 Å². The molecule has 0 aliphatic heterocycles. The van der Waals surface area contributed by atoms with Crippen LogP contribution in [-0.4, -0.2) is 33.0 Å². The number of aromatic hydroxyl groups is 1.